The molecule has 0 atom stereocenters. The molecular weight excluding hydrogens is 258 g/mol. The van der Waals surface area contributed by atoms with E-state index in [1.807, 2.05) is 42.5 Å². The Hall–Kier alpha value is -2.14. The first kappa shape index (κ1) is 11.9. The van der Waals surface area contributed by atoms with E-state index in [4.69, 9.17) is 4.42 Å². The van der Waals surface area contributed by atoms with Gasteiger partial charge in [0, 0.05) is 23.7 Å². The maximum Gasteiger partial charge on any atom is 0.277 e. The fraction of sp³-hybridized carbons (Fsp3) is 0.0714. The minimum absolute atomic E-state index is 0.554. The second-order valence-corrected chi connectivity index (χ2v) is 4.81. The van der Waals surface area contributed by atoms with Crippen LogP contribution in [0.1, 0.15) is 5.56 Å². The monoisotopic (exact) mass is 269 g/mol. The Bertz CT molecular complexity index is 640. The van der Waals surface area contributed by atoms with Crippen molar-refractivity contribution in [2.45, 2.75) is 11.0 Å². The Kier molecular flexibility index (Phi) is 3.56. The smallest absolute Gasteiger partial charge is 0.277 e. The second-order valence-electron chi connectivity index (χ2n) is 3.88. The summed E-state index contributed by atoms with van der Waals surface area (Å²) in [7, 11) is 0. The highest BCUT2D eigenvalue weighted by molar-refractivity contribution is 7.98. The van der Waals surface area contributed by atoms with Gasteiger partial charge in [-0.1, -0.05) is 30.0 Å². The Morgan fingerprint density at radius 1 is 0.947 bits per heavy atom. The van der Waals surface area contributed by atoms with Crippen molar-refractivity contribution >= 4 is 11.8 Å². The molecule has 0 saturated carbocycles. The van der Waals surface area contributed by atoms with Gasteiger partial charge in [0.1, 0.15) is 0 Å². The number of pyridine rings is 1. The lowest BCUT2D eigenvalue weighted by Crippen LogP contribution is -1.80. The summed E-state index contributed by atoms with van der Waals surface area (Å²) >= 11 is 1.52. The topological polar surface area (TPSA) is 51.8 Å². The van der Waals surface area contributed by atoms with Gasteiger partial charge in [-0.15, -0.1) is 10.2 Å². The van der Waals surface area contributed by atoms with Crippen LogP contribution in [-0.4, -0.2) is 15.2 Å². The number of aromatic nitrogens is 3. The third kappa shape index (κ3) is 3.00. The lowest BCUT2D eigenvalue weighted by Gasteiger charge is -1.96. The predicted molar refractivity (Wildman–Crippen MR) is 73.5 cm³/mol. The van der Waals surface area contributed by atoms with Crippen molar-refractivity contribution in [3.8, 4) is 11.5 Å². The van der Waals surface area contributed by atoms with Crippen molar-refractivity contribution in [3.63, 3.8) is 0 Å². The normalized spacial score (nSPS) is 10.5. The molecule has 0 radical (unpaired) electrons. The van der Waals surface area contributed by atoms with E-state index in [2.05, 4.69) is 15.2 Å². The summed E-state index contributed by atoms with van der Waals surface area (Å²) in [5, 5.41) is 8.67. The van der Waals surface area contributed by atoms with E-state index in [0.29, 0.717) is 11.1 Å². The van der Waals surface area contributed by atoms with Crippen LogP contribution < -0.4 is 0 Å². The molecule has 4 nitrogen and oxygen atoms in total. The Morgan fingerprint density at radius 2 is 1.74 bits per heavy atom. The second kappa shape index (κ2) is 5.67. The first-order chi connectivity index (χ1) is 9.42. The lowest BCUT2D eigenvalue weighted by atomic mass is 10.2. The zero-order valence-corrected chi connectivity index (χ0v) is 10.9. The zero-order valence-electron chi connectivity index (χ0n) is 10.1. The van der Waals surface area contributed by atoms with Crippen molar-refractivity contribution < 1.29 is 4.42 Å². The molecule has 2 aromatic heterocycles. The number of hydrogen-bond acceptors (Lipinski definition) is 5. The summed E-state index contributed by atoms with van der Waals surface area (Å²) in [5.74, 6) is 1.34. The highest BCUT2D eigenvalue weighted by Crippen LogP contribution is 2.25. The first-order valence-electron chi connectivity index (χ1n) is 5.82. The number of hydrogen-bond donors (Lipinski definition) is 0. The van der Waals surface area contributed by atoms with Crippen LogP contribution in [0, 0.1) is 0 Å². The standard InChI is InChI=1S/C14H11N3OS/c1-2-4-12(5-3-1)13-16-17-14(18-13)19-10-11-6-8-15-9-7-11/h1-9H,10H2. The van der Waals surface area contributed by atoms with Crippen molar-refractivity contribution in [1.29, 1.82) is 0 Å². The molecular formula is C14H11N3OS. The van der Waals surface area contributed by atoms with Gasteiger partial charge in [-0.05, 0) is 29.8 Å². The van der Waals surface area contributed by atoms with Gasteiger partial charge in [-0.2, -0.15) is 0 Å². The maximum atomic E-state index is 5.62. The summed E-state index contributed by atoms with van der Waals surface area (Å²) in [6.07, 6.45) is 3.55. The molecule has 0 saturated heterocycles. The molecule has 3 aromatic rings. The summed E-state index contributed by atoms with van der Waals surface area (Å²) in [5.41, 5.74) is 2.12. The van der Waals surface area contributed by atoms with E-state index in [1.165, 1.54) is 17.3 Å². The van der Waals surface area contributed by atoms with E-state index in [0.717, 1.165) is 11.3 Å². The van der Waals surface area contributed by atoms with Crippen molar-refractivity contribution in [3.05, 3.63) is 60.4 Å². The molecule has 5 heteroatoms. The van der Waals surface area contributed by atoms with Gasteiger partial charge in [0.05, 0.1) is 0 Å². The van der Waals surface area contributed by atoms with Crippen molar-refractivity contribution in [1.82, 2.24) is 15.2 Å². The molecule has 1 aromatic carbocycles. The van der Waals surface area contributed by atoms with E-state index < -0.39 is 0 Å². The lowest BCUT2D eigenvalue weighted by molar-refractivity contribution is 0.466. The third-order valence-corrected chi connectivity index (χ3v) is 3.43. The summed E-state index contributed by atoms with van der Waals surface area (Å²) in [4.78, 5) is 3.98. The number of thioether (sulfide) groups is 1. The fourth-order valence-corrected chi connectivity index (χ4v) is 2.31. The molecule has 19 heavy (non-hydrogen) atoms. The molecule has 3 rings (SSSR count). The first-order valence-corrected chi connectivity index (χ1v) is 6.81. The predicted octanol–water partition coefficient (Wildman–Crippen LogP) is 3.42. The van der Waals surface area contributed by atoms with Gasteiger partial charge in [0.15, 0.2) is 0 Å². The van der Waals surface area contributed by atoms with Crippen LogP contribution in [0.25, 0.3) is 11.5 Å². The molecule has 0 N–H and O–H groups in total. The molecule has 94 valence electrons. The summed E-state index contributed by atoms with van der Waals surface area (Å²) in [6, 6.07) is 13.7. The molecule has 0 amide bonds. The minimum atomic E-state index is 0.554. The highest BCUT2D eigenvalue weighted by Gasteiger charge is 2.08. The van der Waals surface area contributed by atoms with Crippen molar-refractivity contribution in [2.75, 3.05) is 0 Å². The number of benzene rings is 1. The van der Waals surface area contributed by atoms with Crippen LogP contribution in [0.2, 0.25) is 0 Å². The molecule has 0 aliphatic carbocycles. The fourth-order valence-electron chi connectivity index (χ4n) is 1.59. The van der Waals surface area contributed by atoms with Gasteiger partial charge < -0.3 is 4.42 Å². The largest absolute Gasteiger partial charge is 0.411 e. The van der Waals surface area contributed by atoms with Crippen molar-refractivity contribution in [2.24, 2.45) is 0 Å². The van der Waals surface area contributed by atoms with E-state index in [-0.39, 0.29) is 0 Å². The Labute approximate surface area is 114 Å². The number of nitrogens with zero attached hydrogens (tertiary/aromatic N) is 3. The molecule has 0 fully saturated rings. The maximum absolute atomic E-state index is 5.62. The van der Waals surface area contributed by atoms with Gasteiger partial charge >= 0.3 is 0 Å². The van der Waals surface area contributed by atoms with Crippen LogP contribution in [0.4, 0.5) is 0 Å². The quantitative estimate of drug-likeness (QED) is 0.679. The molecule has 0 bridgehead atoms. The average molecular weight is 269 g/mol. The Morgan fingerprint density at radius 3 is 2.53 bits per heavy atom. The summed E-state index contributed by atoms with van der Waals surface area (Å²) < 4.78 is 5.62. The average Bonchev–Trinajstić information content (AvgIpc) is 2.96. The van der Waals surface area contributed by atoms with Gasteiger partial charge in [-0.25, -0.2) is 0 Å². The van der Waals surface area contributed by atoms with Gasteiger partial charge in [0.25, 0.3) is 5.22 Å². The molecule has 0 aliphatic rings. The molecule has 0 aliphatic heterocycles. The number of rotatable bonds is 4. The van der Waals surface area contributed by atoms with E-state index in [9.17, 15) is 0 Å². The van der Waals surface area contributed by atoms with Crippen LogP contribution in [0.15, 0.2) is 64.5 Å². The molecule has 0 unspecified atom stereocenters. The van der Waals surface area contributed by atoms with Gasteiger partial charge in [-0.3, -0.25) is 4.98 Å². The minimum Gasteiger partial charge on any atom is -0.411 e. The zero-order chi connectivity index (χ0) is 12.9. The van der Waals surface area contributed by atoms with E-state index >= 15 is 0 Å². The van der Waals surface area contributed by atoms with Crippen LogP contribution in [0.3, 0.4) is 0 Å². The van der Waals surface area contributed by atoms with Crippen LogP contribution >= 0.6 is 11.8 Å². The molecule has 0 spiro atoms. The van der Waals surface area contributed by atoms with Crippen LogP contribution in [0.5, 0.6) is 0 Å². The SMILES string of the molecule is c1ccc(-c2nnc(SCc3ccncc3)o2)cc1. The third-order valence-electron chi connectivity index (χ3n) is 2.54. The highest BCUT2D eigenvalue weighted by atomic mass is 32.2. The van der Waals surface area contributed by atoms with Gasteiger partial charge in [0.2, 0.25) is 5.89 Å². The van der Waals surface area contributed by atoms with E-state index in [1.54, 1.807) is 12.4 Å². The Balaban J connectivity index is 1.69. The summed E-state index contributed by atoms with van der Waals surface area (Å²) in [6.45, 7) is 0. The van der Waals surface area contributed by atoms with Crippen LogP contribution in [-0.2, 0) is 5.75 Å². The molecule has 2 heterocycles.